The van der Waals surface area contributed by atoms with E-state index >= 15 is 0 Å². The standard InChI is InChI=1S/C12H17N3O5/c1-3-7(14-12(19)20-10(17)4-2)5-8-11(18)13-6-9(16)15-8/h4,7-8H,2-3,5-6H2,1H3,(H,13,18)(H,14,19)(H,15,16). The van der Waals surface area contributed by atoms with Gasteiger partial charge in [-0.3, -0.25) is 9.59 Å². The fourth-order valence-electron chi connectivity index (χ4n) is 1.71. The summed E-state index contributed by atoms with van der Waals surface area (Å²) in [6.07, 6.45) is 0.682. The molecule has 1 saturated heterocycles. The minimum Gasteiger partial charge on any atom is -0.373 e. The molecular formula is C12H17N3O5. The number of hydrogen-bond donors (Lipinski definition) is 3. The van der Waals surface area contributed by atoms with E-state index in [-0.39, 0.29) is 24.8 Å². The Kier molecular flexibility index (Phi) is 5.70. The van der Waals surface area contributed by atoms with E-state index in [1.165, 1.54) is 0 Å². The third kappa shape index (κ3) is 4.71. The largest absolute Gasteiger partial charge is 0.415 e. The van der Waals surface area contributed by atoms with Crippen LogP contribution in [0.3, 0.4) is 0 Å². The van der Waals surface area contributed by atoms with Crippen molar-refractivity contribution in [2.24, 2.45) is 0 Å². The molecule has 20 heavy (non-hydrogen) atoms. The number of alkyl carbamates (subject to hydrolysis) is 1. The van der Waals surface area contributed by atoms with Crippen LogP contribution in [0.2, 0.25) is 0 Å². The van der Waals surface area contributed by atoms with E-state index in [1.807, 2.05) is 0 Å². The zero-order chi connectivity index (χ0) is 15.1. The van der Waals surface area contributed by atoms with Crippen molar-refractivity contribution in [3.05, 3.63) is 12.7 Å². The molecule has 8 heteroatoms. The second-order valence-corrected chi connectivity index (χ2v) is 4.24. The maximum Gasteiger partial charge on any atom is 0.415 e. The van der Waals surface area contributed by atoms with Gasteiger partial charge in [0.05, 0.1) is 6.54 Å². The van der Waals surface area contributed by atoms with Crippen LogP contribution in [-0.4, -0.2) is 42.5 Å². The van der Waals surface area contributed by atoms with Crippen LogP contribution in [0.1, 0.15) is 19.8 Å². The lowest BCUT2D eigenvalue weighted by atomic mass is 10.0. The average molecular weight is 283 g/mol. The minimum absolute atomic E-state index is 0.0462. The monoisotopic (exact) mass is 283 g/mol. The summed E-state index contributed by atoms with van der Waals surface area (Å²) in [5.41, 5.74) is 0. The molecule has 3 N–H and O–H groups in total. The molecule has 2 atom stereocenters. The van der Waals surface area contributed by atoms with Crippen LogP contribution < -0.4 is 16.0 Å². The highest BCUT2D eigenvalue weighted by Gasteiger charge is 2.28. The zero-order valence-corrected chi connectivity index (χ0v) is 11.1. The van der Waals surface area contributed by atoms with Crippen LogP contribution in [0.5, 0.6) is 0 Å². The van der Waals surface area contributed by atoms with Gasteiger partial charge >= 0.3 is 12.1 Å². The summed E-state index contributed by atoms with van der Waals surface area (Å²) < 4.78 is 4.37. The van der Waals surface area contributed by atoms with Crippen LogP contribution in [0.4, 0.5) is 4.79 Å². The van der Waals surface area contributed by atoms with Gasteiger partial charge in [0.1, 0.15) is 6.04 Å². The van der Waals surface area contributed by atoms with E-state index in [2.05, 4.69) is 27.3 Å². The number of ether oxygens (including phenoxy) is 1. The third-order valence-corrected chi connectivity index (χ3v) is 2.77. The van der Waals surface area contributed by atoms with Crippen molar-refractivity contribution in [1.29, 1.82) is 0 Å². The van der Waals surface area contributed by atoms with Crippen molar-refractivity contribution < 1.29 is 23.9 Å². The lowest BCUT2D eigenvalue weighted by molar-refractivity contribution is -0.134. The lowest BCUT2D eigenvalue weighted by Gasteiger charge is -2.26. The fourth-order valence-corrected chi connectivity index (χ4v) is 1.71. The van der Waals surface area contributed by atoms with E-state index in [0.29, 0.717) is 6.42 Å². The van der Waals surface area contributed by atoms with Gasteiger partial charge in [-0.15, -0.1) is 0 Å². The smallest absolute Gasteiger partial charge is 0.373 e. The first-order valence-electron chi connectivity index (χ1n) is 6.18. The van der Waals surface area contributed by atoms with Gasteiger partial charge in [-0.05, 0) is 12.8 Å². The van der Waals surface area contributed by atoms with E-state index < -0.39 is 24.1 Å². The predicted octanol–water partition coefficient (Wildman–Crippen LogP) is -0.791. The quantitative estimate of drug-likeness (QED) is 0.347. The summed E-state index contributed by atoms with van der Waals surface area (Å²) >= 11 is 0. The molecule has 8 nitrogen and oxygen atoms in total. The van der Waals surface area contributed by atoms with Crippen LogP contribution in [0, 0.1) is 0 Å². The molecule has 1 rings (SSSR count). The molecule has 0 saturated carbocycles. The van der Waals surface area contributed by atoms with Gasteiger partial charge in [-0.2, -0.15) is 0 Å². The number of carbonyl (C=O) groups is 4. The molecule has 1 aliphatic heterocycles. The van der Waals surface area contributed by atoms with Crippen LogP contribution >= 0.6 is 0 Å². The Bertz CT molecular complexity index is 435. The highest BCUT2D eigenvalue weighted by atomic mass is 16.6. The van der Waals surface area contributed by atoms with Gasteiger partial charge < -0.3 is 20.7 Å². The molecule has 0 radical (unpaired) electrons. The van der Waals surface area contributed by atoms with Crippen molar-refractivity contribution in [3.8, 4) is 0 Å². The van der Waals surface area contributed by atoms with Gasteiger partial charge in [0.25, 0.3) is 0 Å². The maximum atomic E-state index is 11.6. The first-order chi connectivity index (χ1) is 9.46. The maximum absolute atomic E-state index is 11.6. The minimum atomic E-state index is -0.913. The number of amides is 3. The highest BCUT2D eigenvalue weighted by Crippen LogP contribution is 2.05. The molecule has 1 fully saturated rings. The molecule has 3 amide bonds. The zero-order valence-electron chi connectivity index (χ0n) is 11.1. The molecule has 0 aliphatic carbocycles. The molecule has 110 valence electrons. The number of hydrogen-bond acceptors (Lipinski definition) is 5. The van der Waals surface area contributed by atoms with Gasteiger partial charge in [0.15, 0.2) is 0 Å². The topological polar surface area (TPSA) is 114 Å². The normalized spacial score (nSPS) is 19.4. The Balaban J connectivity index is 2.51. The highest BCUT2D eigenvalue weighted by molar-refractivity contribution is 5.95. The molecule has 1 heterocycles. The lowest BCUT2D eigenvalue weighted by Crippen LogP contribution is -2.58. The molecule has 0 bridgehead atoms. The van der Waals surface area contributed by atoms with Crippen LogP contribution in [0.15, 0.2) is 12.7 Å². The number of carbonyl (C=O) groups excluding carboxylic acids is 4. The van der Waals surface area contributed by atoms with Gasteiger partial charge in [-0.1, -0.05) is 13.5 Å². The van der Waals surface area contributed by atoms with Gasteiger partial charge in [-0.25, -0.2) is 9.59 Å². The summed E-state index contributed by atoms with van der Waals surface area (Å²) in [7, 11) is 0. The molecule has 0 aromatic rings. The van der Waals surface area contributed by atoms with Crippen molar-refractivity contribution in [2.45, 2.75) is 31.8 Å². The molecule has 0 aromatic carbocycles. The summed E-state index contributed by atoms with van der Waals surface area (Å²) in [4.78, 5) is 45.0. The molecular weight excluding hydrogens is 266 g/mol. The van der Waals surface area contributed by atoms with Crippen molar-refractivity contribution in [2.75, 3.05) is 6.54 Å². The first-order valence-corrected chi connectivity index (χ1v) is 6.18. The Morgan fingerprint density at radius 1 is 1.55 bits per heavy atom. The third-order valence-electron chi connectivity index (χ3n) is 2.77. The van der Waals surface area contributed by atoms with Crippen molar-refractivity contribution >= 4 is 23.9 Å². The fraction of sp³-hybridized carbons (Fsp3) is 0.500. The summed E-state index contributed by atoms with van der Waals surface area (Å²) in [5.74, 6) is -1.45. The van der Waals surface area contributed by atoms with Crippen LogP contribution in [0.25, 0.3) is 0 Å². The summed E-state index contributed by atoms with van der Waals surface area (Å²) in [6, 6.07) is -1.12. The second kappa shape index (κ2) is 7.27. The molecule has 1 aliphatic rings. The van der Waals surface area contributed by atoms with E-state index in [9.17, 15) is 19.2 Å². The van der Waals surface area contributed by atoms with Crippen molar-refractivity contribution in [1.82, 2.24) is 16.0 Å². The second-order valence-electron chi connectivity index (χ2n) is 4.24. The molecule has 0 aromatic heterocycles. The number of nitrogens with one attached hydrogen (secondary N) is 3. The van der Waals surface area contributed by atoms with Crippen molar-refractivity contribution in [3.63, 3.8) is 0 Å². The first kappa shape index (κ1) is 15.7. The van der Waals surface area contributed by atoms with E-state index in [1.54, 1.807) is 6.92 Å². The molecule has 2 unspecified atom stereocenters. The SMILES string of the molecule is C=CC(=O)OC(=O)NC(CC)CC1NC(=O)CNC1=O. The van der Waals surface area contributed by atoms with Gasteiger partial charge in [0, 0.05) is 12.1 Å². The average Bonchev–Trinajstić information content (AvgIpc) is 2.41. The Morgan fingerprint density at radius 3 is 2.85 bits per heavy atom. The predicted molar refractivity (Wildman–Crippen MR) is 68.5 cm³/mol. The number of piperazine rings is 1. The molecule has 0 spiro atoms. The summed E-state index contributed by atoms with van der Waals surface area (Å²) in [5, 5.41) is 7.43. The van der Waals surface area contributed by atoms with E-state index in [4.69, 9.17) is 0 Å². The number of esters is 1. The van der Waals surface area contributed by atoms with Crippen LogP contribution in [-0.2, 0) is 19.1 Å². The van der Waals surface area contributed by atoms with E-state index in [0.717, 1.165) is 6.08 Å². The summed E-state index contributed by atoms with van der Waals surface area (Å²) in [6.45, 7) is 4.92. The van der Waals surface area contributed by atoms with Gasteiger partial charge in [0.2, 0.25) is 11.8 Å². The Labute approximate surface area is 115 Å². The Morgan fingerprint density at radius 2 is 2.25 bits per heavy atom. The number of rotatable bonds is 5. The Hall–Kier alpha value is -2.38.